The second kappa shape index (κ2) is 26.0. The van der Waals surface area contributed by atoms with Crippen LogP contribution in [0.15, 0.2) is 91.0 Å². The van der Waals surface area contributed by atoms with Gasteiger partial charge in [-0.2, -0.15) is 0 Å². The SMILES string of the molecule is CCCC[Si](CCCC)(CCCC)c1cccc(P(Pc2cccc([Si](CCCC)(CCCC)CCCC)c2-c2ccccc2F)N(c2ccccc2F)C2CCCCC2)c1. The summed E-state index contributed by atoms with van der Waals surface area (Å²) in [6.45, 7) is 14.1. The summed E-state index contributed by atoms with van der Waals surface area (Å²) in [4.78, 5) is 0. The lowest BCUT2D eigenvalue weighted by Gasteiger charge is -2.43. The first-order chi connectivity index (χ1) is 29.8. The van der Waals surface area contributed by atoms with E-state index in [9.17, 15) is 0 Å². The zero-order valence-corrected chi connectivity index (χ0v) is 43.0. The Bertz CT molecular complexity index is 1840. The zero-order valence-electron chi connectivity index (χ0n) is 39.2. The number of nitrogens with zero attached hydrogens (tertiary/aromatic N) is 1. The molecule has 0 aromatic heterocycles. The minimum Gasteiger partial charge on any atom is -0.338 e. The van der Waals surface area contributed by atoms with E-state index in [1.807, 2.05) is 24.3 Å². The van der Waals surface area contributed by atoms with E-state index in [1.54, 1.807) is 17.3 Å². The molecule has 1 nitrogen and oxygen atoms in total. The molecule has 1 aliphatic rings. The summed E-state index contributed by atoms with van der Waals surface area (Å²) in [5, 5.41) is 5.78. The van der Waals surface area contributed by atoms with Crippen molar-refractivity contribution in [3.8, 4) is 11.1 Å². The molecule has 5 rings (SSSR count). The van der Waals surface area contributed by atoms with Gasteiger partial charge in [-0.25, -0.2) is 8.78 Å². The predicted octanol–water partition coefficient (Wildman–Crippen LogP) is 16.5. The van der Waals surface area contributed by atoms with Crippen LogP contribution in [0.1, 0.15) is 151 Å². The lowest BCUT2D eigenvalue weighted by Crippen LogP contribution is -2.49. The van der Waals surface area contributed by atoms with Crippen LogP contribution in [0.3, 0.4) is 0 Å². The van der Waals surface area contributed by atoms with Gasteiger partial charge >= 0.3 is 0 Å². The van der Waals surface area contributed by atoms with Crippen LogP contribution in [-0.2, 0) is 0 Å². The average Bonchev–Trinajstić information content (AvgIpc) is 3.30. The van der Waals surface area contributed by atoms with Gasteiger partial charge in [0.25, 0.3) is 0 Å². The first kappa shape index (κ1) is 49.8. The molecular formula is C54H81F2NP2Si2. The van der Waals surface area contributed by atoms with E-state index in [0.29, 0.717) is 8.27 Å². The van der Waals surface area contributed by atoms with Gasteiger partial charge in [0.05, 0.1) is 21.8 Å². The third-order valence-electron chi connectivity index (χ3n) is 14.0. The molecule has 0 spiro atoms. The molecule has 2 atom stereocenters. The number of para-hydroxylation sites is 1. The fourth-order valence-corrected chi connectivity index (χ4v) is 28.1. The van der Waals surface area contributed by atoms with Crippen LogP contribution in [-0.4, -0.2) is 22.2 Å². The van der Waals surface area contributed by atoms with Crippen molar-refractivity contribution in [2.24, 2.45) is 0 Å². The van der Waals surface area contributed by atoms with Crippen LogP contribution in [0.25, 0.3) is 11.1 Å². The summed E-state index contributed by atoms with van der Waals surface area (Å²) in [5.74, 6) is -0.235. The molecule has 1 saturated carbocycles. The van der Waals surface area contributed by atoms with Gasteiger partial charge < -0.3 is 4.67 Å². The molecule has 334 valence electrons. The molecule has 7 heteroatoms. The Morgan fingerprint density at radius 1 is 0.557 bits per heavy atom. The zero-order chi connectivity index (χ0) is 43.5. The molecule has 4 aromatic rings. The van der Waals surface area contributed by atoms with E-state index in [4.69, 9.17) is 0 Å². The monoisotopic (exact) mass is 900 g/mol. The third-order valence-corrected chi connectivity index (χ3v) is 30.3. The largest absolute Gasteiger partial charge is 0.338 e. The second-order valence-corrected chi connectivity index (χ2v) is 32.0. The molecule has 0 heterocycles. The number of benzene rings is 4. The van der Waals surface area contributed by atoms with Gasteiger partial charge in [-0.1, -0.05) is 257 Å². The second-order valence-electron chi connectivity index (χ2n) is 18.5. The van der Waals surface area contributed by atoms with Crippen LogP contribution in [0, 0.1) is 11.6 Å². The van der Waals surface area contributed by atoms with Crippen molar-refractivity contribution in [1.82, 2.24) is 0 Å². The maximum Gasteiger partial charge on any atom is 0.146 e. The molecule has 0 N–H and O–H groups in total. The van der Waals surface area contributed by atoms with Gasteiger partial charge in [0.1, 0.15) is 11.6 Å². The topological polar surface area (TPSA) is 3.24 Å². The highest BCUT2D eigenvalue weighted by Gasteiger charge is 2.39. The molecular weight excluding hydrogens is 819 g/mol. The minimum absolute atomic E-state index is 0.117. The standard InChI is InChI=1S/C54H81F2NP2Si2/c1-7-13-38-60(39-14-8-2,40-15-9-3)47-31-26-30-46(44-47)59(57(45-28-20-19-21-29-45)51-35-25-24-34-50(51)56)58-52-36-27-37-53(54(52)48-32-22-23-33-49(48)55)61(41-16-10-4,42-17-11-5)43-18-12-6/h22-27,30-37,44-45,58H,7-21,28-29,38-43H2,1-6H3. The molecule has 61 heavy (non-hydrogen) atoms. The van der Waals surface area contributed by atoms with Gasteiger partial charge in [-0.05, 0) is 50.2 Å². The molecule has 0 saturated heterocycles. The van der Waals surface area contributed by atoms with Gasteiger partial charge in [0.15, 0.2) is 0 Å². The number of hydrogen-bond acceptors (Lipinski definition) is 1. The first-order valence-electron chi connectivity index (χ1n) is 24.9. The van der Waals surface area contributed by atoms with Gasteiger partial charge in [0, 0.05) is 24.7 Å². The van der Waals surface area contributed by atoms with Crippen molar-refractivity contribution in [3.05, 3.63) is 103 Å². The van der Waals surface area contributed by atoms with E-state index in [2.05, 4.69) is 101 Å². The summed E-state index contributed by atoms with van der Waals surface area (Å²) >= 11 is 0. The summed E-state index contributed by atoms with van der Waals surface area (Å²) in [5.41, 5.74) is 2.71. The Morgan fingerprint density at radius 2 is 1.07 bits per heavy atom. The molecule has 0 bridgehead atoms. The maximum atomic E-state index is 16.7. The average molecular weight is 900 g/mol. The highest BCUT2D eigenvalue weighted by atomic mass is 32.1. The van der Waals surface area contributed by atoms with Crippen LogP contribution >= 0.6 is 16.0 Å². The summed E-state index contributed by atoms with van der Waals surface area (Å²) in [6.07, 6.45) is 20.6. The van der Waals surface area contributed by atoms with Crippen molar-refractivity contribution in [1.29, 1.82) is 0 Å². The number of halogens is 2. The Balaban J connectivity index is 1.83. The molecule has 0 radical (unpaired) electrons. The summed E-state index contributed by atoms with van der Waals surface area (Å²) in [7, 11) is -4.60. The van der Waals surface area contributed by atoms with Crippen molar-refractivity contribution >= 4 is 58.8 Å². The smallest absolute Gasteiger partial charge is 0.146 e. The lowest BCUT2D eigenvalue weighted by molar-refractivity contribution is 0.443. The van der Waals surface area contributed by atoms with Gasteiger partial charge in [0.2, 0.25) is 0 Å². The quantitative estimate of drug-likeness (QED) is 0.0426. The van der Waals surface area contributed by atoms with Crippen molar-refractivity contribution in [3.63, 3.8) is 0 Å². The predicted molar refractivity (Wildman–Crippen MR) is 278 cm³/mol. The molecule has 0 amide bonds. The summed E-state index contributed by atoms with van der Waals surface area (Å²) in [6, 6.07) is 40.5. The van der Waals surface area contributed by atoms with Gasteiger partial charge in [-0.3, -0.25) is 0 Å². The van der Waals surface area contributed by atoms with Crippen molar-refractivity contribution in [2.75, 3.05) is 4.67 Å². The Kier molecular flexibility index (Phi) is 21.2. The van der Waals surface area contributed by atoms with Crippen LogP contribution < -0.4 is 25.7 Å². The highest BCUT2D eigenvalue weighted by Crippen LogP contribution is 2.61. The highest BCUT2D eigenvalue weighted by molar-refractivity contribution is 8.28. The fraction of sp³-hybridized carbons (Fsp3) is 0.556. The molecule has 1 fully saturated rings. The van der Waals surface area contributed by atoms with Gasteiger partial charge in [-0.15, -0.1) is 0 Å². The normalized spacial score (nSPS) is 14.6. The molecule has 4 aromatic carbocycles. The first-order valence-corrected chi connectivity index (χ1v) is 33.3. The van der Waals surface area contributed by atoms with Crippen LogP contribution in [0.5, 0.6) is 0 Å². The van der Waals surface area contributed by atoms with Crippen LogP contribution in [0.2, 0.25) is 36.3 Å². The number of anilines is 1. The summed E-state index contributed by atoms with van der Waals surface area (Å²) < 4.78 is 35.9. The Hall–Kier alpha value is -2.17. The fourth-order valence-electron chi connectivity index (χ4n) is 10.5. The number of rotatable bonds is 27. The van der Waals surface area contributed by atoms with E-state index < -0.39 is 23.9 Å². The Morgan fingerprint density at radius 3 is 1.61 bits per heavy atom. The maximum absolute atomic E-state index is 16.7. The number of unbranched alkanes of at least 4 members (excludes halogenated alkanes) is 6. The van der Waals surface area contributed by atoms with Crippen LogP contribution in [0.4, 0.5) is 14.5 Å². The number of hydrogen-bond donors (Lipinski definition) is 0. The van der Waals surface area contributed by atoms with Crippen molar-refractivity contribution < 1.29 is 8.78 Å². The molecule has 2 unspecified atom stereocenters. The minimum atomic E-state index is -2.07. The van der Waals surface area contributed by atoms with E-state index >= 15 is 8.78 Å². The Labute approximate surface area is 377 Å². The van der Waals surface area contributed by atoms with E-state index in [1.165, 1.54) is 154 Å². The van der Waals surface area contributed by atoms with Crippen molar-refractivity contribution in [2.45, 2.75) is 193 Å². The third kappa shape index (κ3) is 13.0. The lowest BCUT2D eigenvalue weighted by atomic mass is 9.95. The molecule has 1 aliphatic carbocycles. The molecule has 0 aliphatic heterocycles. The van der Waals surface area contributed by atoms with E-state index in [0.717, 1.165) is 24.1 Å². The van der Waals surface area contributed by atoms with E-state index in [-0.39, 0.29) is 17.7 Å².